The summed E-state index contributed by atoms with van der Waals surface area (Å²) >= 11 is 0. The van der Waals surface area contributed by atoms with Crippen molar-refractivity contribution in [1.29, 1.82) is 0 Å². The maximum Gasteiger partial charge on any atom is 0.239 e. The molecule has 30 heavy (non-hydrogen) atoms. The molecule has 2 heterocycles. The van der Waals surface area contributed by atoms with Crippen molar-refractivity contribution in [2.45, 2.75) is 30.0 Å². The van der Waals surface area contributed by atoms with Gasteiger partial charge in [0, 0.05) is 12.1 Å². The lowest BCUT2D eigenvalue weighted by Gasteiger charge is -2.20. The first-order chi connectivity index (χ1) is 14.1. The minimum atomic E-state index is -3.95. The molecule has 0 unspecified atom stereocenters. The molecule has 1 fully saturated rings. The van der Waals surface area contributed by atoms with Crippen LogP contribution in [0.25, 0.3) is 0 Å². The molecule has 1 aromatic carbocycles. The maximum atomic E-state index is 13.1. The minimum Gasteiger partial charge on any atom is -0.494 e. The molecule has 3 rings (SSSR count). The van der Waals surface area contributed by atoms with Crippen LogP contribution in [0.15, 0.2) is 39.8 Å². The van der Waals surface area contributed by atoms with Crippen LogP contribution in [0.5, 0.6) is 5.75 Å². The quantitative estimate of drug-likeness (QED) is 0.580. The van der Waals surface area contributed by atoms with E-state index in [1.807, 2.05) is 6.92 Å². The lowest BCUT2D eigenvalue weighted by Crippen LogP contribution is -2.46. The van der Waals surface area contributed by atoms with Gasteiger partial charge in [0.05, 0.1) is 34.8 Å². The van der Waals surface area contributed by atoms with Crippen molar-refractivity contribution < 1.29 is 30.9 Å². The molecule has 2 N–H and O–H groups in total. The van der Waals surface area contributed by atoms with E-state index in [4.69, 9.17) is 9.26 Å². The van der Waals surface area contributed by atoms with Crippen LogP contribution in [-0.2, 0) is 24.5 Å². The number of amides is 1. The molecule has 1 amide bonds. The Morgan fingerprint density at radius 1 is 1.27 bits per heavy atom. The van der Waals surface area contributed by atoms with Gasteiger partial charge < -0.3 is 19.9 Å². The number of carbonyl (C=O) groups is 1. The Hall–Kier alpha value is -2.44. The van der Waals surface area contributed by atoms with Crippen LogP contribution in [0.2, 0.25) is 0 Å². The summed E-state index contributed by atoms with van der Waals surface area (Å²) in [5.41, 5.74) is 0. The molecule has 1 aliphatic rings. The predicted octanol–water partition coefficient (Wildman–Crippen LogP) is 0.549. The fourth-order valence-corrected chi connectivity index (χ4v) is 7.93. The van der Waals surface area contributed by atoms with Crippen LogP contribution in [0.3, 0.4) is 0 Å². The van der Waals surface area contributed by atoms with Crippen LogP contribution < -0.4 is 15.4 Å². The highest BCUT2D eigenvalue weighted by Crippen LogP contribution is 2.27. The zero-order valence-electron chi connectivity index (χ0n) is 16.5. The third-order valence-electron chi connectivity index (χ3n) is 4.58. The maximum absolute atomic E-state index is 13.1. The second-order valence-corrected chi connectivity index (χ2v) is 11.2. The first-order valence-electron chi connectivity index (χ1n) is 9.24. The van der Waals surface area contributed by atoms with Crippen molar-refractivity contribution in [1.82, 2.24) is 10.5 Å². The zero-order chi connectivity index (χ0) is 21.9. The molecule has 164 valence electrons. The molecule has 2 aromatic rings. The first-order valence-corrected chi connectivity index (χ1v) is 12.6. The monoisotopic (exact) mass is 457 g/mol. The Bertz CT molecular complexity index is 1110. The van der Waals surface area contributed by atoms with E-state index >= 15 is 0 Å². The highest BCUT2D eigenvalue weighted by Gasteiger charge is 2.45. The first kappa shape index (κ1) is 22.2. The number of sulfone groups is 2. The van der Waals surface area contributed by atoms with Gasteiger partial charge in [-0.05, 0) is 38.1 Å². The molecule has 0 radical (unpaired) electrons. The second-order valence-electron chi connectivity index (χ2n) is 6.92. The van der Waals surface area contributed by atoms with Gasteiger partial charge in [-0.3, -0.25) is 4.79 Å². The highest BCUT2D eigenvalue weighted by atomic mass is 32.2. The molecule has 0 spiro atoms. The third-order valence-corrected chi connectivity index (χ3v) is 8.75. The number of nitrogens with one attached hydrogen (secondary N) is 2. The summed E-state index contributed by atoms with van der Waals surface area (Å²) in [6.07, 6.45) is 0. The number of rotatable bonds is 8. The van der Waals surface area contributed by atoms with Gasteiger partial charge in [-0.25, -0.2) is 16.8 Å². The van der Waals surface area contributed by atoms with E-state index in [2.05, 4.69) is 15.8 Å². The minimum absolute atomic E-state index is 0.00220. The number of hydrogen-bond donors (Lipinski definition) is 2. The fourth-order valence-electron chi connectivity index (χ4n) is 3.21. The Morgan fingerprint density at radius 2 is 1.97 bits per heavy atom. The molecule has 1 saturated heterocycles. The molecule has 0 bridgehead atoms. The van der Waals surface area contributed by atoms with Crippen LogP contribution >= 0.6 is 0 Å². The van der Waals surface area contributed by atoms with Gasteiger partial charge in [-0.1, -0.05) is 5.16 Å². The Morgan fingerprint density at radius 3 is 2.57 bits per heavy atom. The van der Waals surface area contributed by atoms with Crippen LogP contribution in [0, 0.1) is 6.92 Å². The van der Waals surface area contributed by atoms with Crippen molar-refractivity contribution in [3.05, 3.63) is 36.1 Å². The topological polar surface area (TPSA) is 145 Å². The van der Waals surface area contributed by atoms with Gasteiger partial charge in [0.25, 0.3) is 0 Å². The van der Waals surface area contributed by atoms with Gasteiger partial charge >= 0.3 is 0 Å². The average molecular weight is 458 g/mol. The summed E-state index contributed by atoms with van der Waals surface area (Å²) in [5.74, 6) is -0.123. The van der Waals surface area contributed by atoms with Gasteiger partial charge in [-0.15, -0.1) is 0 Å². The Kier molecular flexibility index (Phi) is 6.48. The smallest absolute Gasteiger partial charge is 0.239 e. The number of nitrogens with zero attached hydrogens (tertiary/aromatic N) is 1. The number of aryl methyl sites for hydroxylation is 1. The van der Waals surface area contributed by atoms with Crippen LogP contribution in [0.4, 0.5) is 5.82 Å². The highest BCUT2D eigenvalue weighted by molar-refractivity contribution is 7.96. The molecule has 0 saturated carbocycles. The van der Waals surface area contributed by atoms with Crippen molar-refractivity contribution in [2.75, 3.05) is 30.0 Å². The second kappa shape index (κ2) is 8.74. The third kappa shape index (κ3) is 5.18. The number of aromatic nitrogens is 1. The van der Waals surface area contributed by atoms with Crippen molar-refractivity contribution in [2.24, 2.45) is 0 Å². The van der Waals surface area contributed by atoms with Gasteiger partial charge in [0.15, 0.2) is 25.5 Å². The van der Waals surface area contributed by atoms with Crippen molar-refractivity contribution in [3.63, 3.8) is 0 Å². The molecular formula is C18H23N3O7S2. The molecule has 1 aromatic heterocycles. The van der Waals surface area contributed by atoms with Crippen molar-refractivity contribution in [3.8, 4) is 5.75 Å². The van der Waals surface area contributed by atoms with E-state index in [0.717, 1.165) is 0 Å². The van der Waals surface area contributed by atoms with Gasteiger partial charge in [-0.2, -0.15) is 0 Å². The molecular weight excluding hydrogens is 434 g/mol. The predicted molar refractivity (Wildman–Crippen MR) is 109 cm³/mol. The summed E-state index contributed by atoms with van der Waals surface area (Å²) in [7, 11) is -7.53. The number of ether oxygens (including phenoxy) is 1. The largest absolute Gasteiger partial charge is 0.494 e. The van der Waals surface area contributed by atoms with Crippen LogP contribution in [0.1, 0.15) is 12.7 Å². The van der Waals surface area contributed by atoms with E-state index in [0.29, 0.717) is 18.1 Å². The molecule has 0 aliphatic carbocycles. The molecule has 1 aliphatic heterocycles. The van der Waals surface area contributed by atoms with E-state index in [1.165, 1.54) is 30.3 Å². The molecule has 12 heteroatoms. The van der Waals surface area contributed by atoms with Gasteiger partial charge in [0.1, 0.15) is 11.5 Å². The number of carbonyl (C=O) groups excluding carboxylic acids is 1. The summed E-state index contributed by atoms with van der Waals surface area (Å²) in [6.45, 7) is 3.64. The number of benzene rings is 1. The lowest BCUT2D eigenvalue weighted by atomic mass is 10.2. The Labute approximate surface area is 174 Å². The Balaban J connectivity index is 1.72. The van der Waals surface area contributed by atoms with Crippen molar-refractivity contribution >= 4 is 31.4 Å². The fraction of sp³-hybridized carbons (Fsp3) is 0.444. The molecule has 10 nitrogen and oxygen atoms in total. The SMILES string of the molecule is CCOc1ccc(S(=O)(=O)[C@H]2CS(=O)(=O)C[C@@H]2NCC(=O)Nc2cc(C)on2)cc1. The number of anilines is 1. The van der Waals surface area contributed by atoms with E-state index in [1.54, 1.807) is 6.92 Å². The average Bonchev–Trinajstić information content (AvgIpc) is 3.23. The number of hydrogen-bond acceptors (Lipinski definition) is 9. The van der Waals surface area contributed by atoms with Crippen LogP contribution in [-0.4, -0.2) is 63.8 Å². The summed E-state index contributed by atoms with van der Waals surface area (Å²) in [6, 6.07) is 6.43. The lowest BCUT2D eigenvalue weighted by molar-refractivity contribution is -0.115. The summed E-state index contributed by atoms with van der Waals surface area (Å²) < 4.78 is 60.6. The zero-order valence-corrected chi connectivity index (χ0v) is 18.1. The van der Waals surface area contributed by atoms with Gasteiger partial charge in [0.2, 0.25) is 5.91 Å². The van der Waals surface area contributed by atoms with E-state index in [9.17, 15) is 21.6 Å². The standard InChI is InChI=1S/C18H23N3O7S2/c1-3-27-13-4-6-14(7-5-13)30(25,26)16-11-29(23,24)10-15(16)19-9-18(22)20-17-8-12(2)28-21-17/h4-8,15-16,19H,3,9-11H2,1-2H3,(H,20,21,22)/t15-,16-/m0/s1. The van der Waals surface area contributed by atoms with E-state index in [-0.39, 0.29) is 23.0 Å². The summed E-state index contributed by atoms with van der Waals surface area (Å²) in [4.78, 5) is 12.1. The summed E-state index contributed by atoms with van der Waals surface area (Å²) in [5, 5.41) is 7.69. The normalized spacial score (nSPS) is 20.7. The molecule has 2 atom stereocenters. The van der Waals surface area contributed by atoms with E-state index < -0.39 is 42.6 Å².